The van der Waals surface area contributed by atoms with Crippen molar-refractivity contribution in [3.63, 3.8) is 0 Å². The highest BCUT2D eigenvalue weighted by molar-refractivity contribution is 7.92. The number of amides is 2. The van der Waals surface area contributed by atoms with Crippen LogP contribution in [0.5, 0.6) is 0 Å². The molecule has 7 nitrogen and oxygen atoms in total. The molecule has 1 unspecified atom stereocenters. The second-order valence-electron chi connectivity index (χ2n) is 10.6. The lowest BCUT2D eigenvalue weighted by atomic mass is 10.0. The Morgan fingerprint density at radius 2 is 1.49 bits per heavy atom. The molecule has 4 aromatic rings. The monoisotopic (exact) mass is 685 g/mol. The van der Waals surface area contributed by atoms with E-state index in [-0.39, 0.29) is 29.5 Å². The Labute approximate surface area is 279 Å². The number of anilines is 1. The SMILES string of the molecule is CCNC(=O)C(Cc1ccccc1)N(Cc1ccc(Cl)cc1Cl)C(=O)CN(c1cc(Cl)ccc1C)S(=O)(=O)c1ccc(C)cc1. The number of carbonyl (C=O) groups is 2. The molecular formula is C34H34Cl3N3O4S. The van der Waals surface area contributed by atoms with Crippen LogP contribution in [-0.2, 0) is 32.6 Å². The van der Waals surface area contributed by atoms with Crippen molar-refractivity contribution in [1.82, 2.24) is 10.2 Å². The third kappa shape index (κ3) is 8.58. The molecule has 0 spiro atoms. The highest BCUT2D eigenvalue weighted by Crippen LogP contribution is 2.31. The maximum atomic E-state index is 14.5. The van der Waals surface area contributed by atoms with Crippen LogP contribution in [0.2, 0.25) is 15.1 Å². The molecule has 4 rings (SSSR count). The van der Waals surface area contributed by atoms with Gasteiger partial charge in [-0.3, -0.25) is 13.9 Å². The van der Waals surface area contributed by atoms with Crippen LogP contribution in [0.1, 0.15) is 29.2 Å². The van der Waals surface area contributed by atoms with Gasteiger partial charge in [0.25, 0.3) is 10.0 Å². The van der Waals surface area contributed by atoms with Crippen LogP contribution in [0.3, 0.4) is 0 Å². The Bertz CT molecular complexity index is 1770. The molecule has 0 aliphatic carbocycles. The molecule has 1 N–H and O–H groups in total. The zero-order valence-electron chi connectivity index (χ0n) is 25.1. The number of likely N-dealkylation sites (N-methyl/N-ethyl adjacent to an activating group) is 1. The summed E-state index contributed by atoms with van der Waals surface area (Å²) in [6, 6.07) is 24.4. The average molecular weight is 687 g/mol. The molecule has 0 aliphatic rings. The molecule has 0 fully saturated rings. The quantitative estimate of drug-likeness (QED) is 0.170. The second kappa shape index (κ2) is 15.1. The summed E-state index contributed by atoms with van der Waals surface area (Å²) in [7, 11) is -4.26. The van der Waals surface area contributed by atoms with Crippen molar-refractivity contribution < 1.29 is 18.0 Å². The molecule has 0 saturated carbocycles. The summed E-state index contributed by atoms with van der Waals surface area (Å²) in [5, 5.41) is 3.87. The van der Waals surface area contributed by atoms with E-state index in [9.17, 15) is 18.0 Å². The van der Waals surface area contributed by atoms with Crippen LogP contribution in [0.4, 0.5) is 5.69 Å². The lowest BCUT2D eigenvalue weighted by molar-refractivity contribution is -0.140. The number of hydrogen-bond acceptors (Lipinski definition) is 4. The minimum Gasteiger partial charge on any atom is -0.355 e. The van der Waals surface area contributed by atoms with E-state index in [0.29, 0.717) is 32.7 Å². The largest absolute Gasteiger partial charge is 0.355 e. The number of halogens is 3. The first-order chi connectivity index (χ1) is 21.4. The van der Waals surface area contributed by atoms with Gasteiger partial charge < -0.3 is 10.2 Å². The summed E-state index contributed by atoms with van der Waals surface area (Å²) in [5.41, 5.74) is 3.10. The van der Waals surface area contributed by atoms with E-state index >= 15 is 0 Å². The molecule has 2 amide bonds. The Hall–Kier alpha value is -3.56. The molecule has 1 atom stereocenters. The molecule has 11 heteroatoms. The van der Waals surface area contributed by atoms with Gasteiger partial charge in [0.15, 0.2) is 0 Å². The van der Waals surface area contributed by atoms with Crippen molar-refractivity contribution in [2.45, 2.75) is 44.7 Å². The Morgan fingerprint density at radius 3 is 2.13 bits per heavy atom. The fourth-order valence-electron chi connectivity index (χ4n) is 4.88. The number of nitrogens with one attached hydrogen (secondary N) is 1. The standard InChI is InChI=1S/C34H34Cl3N3O4S/c1-4-38-34(42)32(18-25-8-6-5-7-9-25)39(21-26-13-15-27(35)19-30(26)37)33(41)22-40(31-20-28(36)14-12-24(31)3)45(43,44)29-16-10-23(2)11-17-29/h5-17,19-20,32H,4,18,21-22H2,1-3H3,(H,38,42). The van der Waals surface area contributed by atoms with Crippen molar-refractivity contribution in [2.24, 2.45) is 0 Å². The summed E-state index contributed by atoms with van der Waals surface area (Å²) in [6.45, 7) is 5.05. The lowest BCUT2D eigenvalue weighted by Crippen LogP contribution is -2.53. The number of nitrogens with zero attached hydrogens (tertiary/aromatic N) is 2. The molecule has 0 radical (unpaired) electrons. The Kier molecular flexibility index (Phi) is 11.6. The lowest BCUT2D eigenvalue weighted by Gasteiger charge is -2.34. The minimum absolute atomic E-state index is 0.0112. The van der Waals surface area contributed by atoms with Crippen molar-refractivity contribution in [1.29, 1.82) is 0 Å². The number of benzene rings is 4. The highest BCUT2D eigenvalue weighted by Gasteiger charge is 2.35. The predicted octanol–water partition coefficient (Wildman–Crippen LogP) is 7.24. The van der Waals surface area contributed by atoms with Crippen molar-refractivity contribution in [3.05, 3.63) is 128 Å². The van der Waals surface area contributed by atoms with E-state index < -0.39 is 28.5 Å². The van der Waals surface area contributed by atoms with Gasteiger partial charge in [-0.05, 0) is 73.9 Å². The van der Waals surface area contributed by atoms with Gasteiger partial charge in [0.2, 0.25) is 11.8 Å². The first-order valence-electron chi connectivity index (χ1n) is 14.3. The number of sulfonamides is 1. The normalized spacial score (nSPS) is 12.0. The summed E-state index contributed by atoms with van der Waals surface area (Å²) in [4.78, 5) is 29.5. The topological polar surface area (TPSA) is 86.8 Å². The highest BCUT2D eigenvalue weighted by atomic mass is 35.5. The summed E-state index contributed by atoms with van der Waals surface area (Å²) in [5.74, 6) is -0.991. The van der Waals surface area contributed by atoms with E-state index in [1.807, 2.05) is 37.3 Å². The van der Waals surface area contributed by atoms with Crippen LogP contribution in [0.15, 0.2) is 95.9 Å². The number of carbonyl (C=O) groups excluding carboxylic acids is 2. The average Bonchev–Trinajstić information content (AvgIpc) is 3.00. The first kappa shape index (κ1) is 34.3. The van der Waals surface area contributed by atoms with Crippen LogP contribution in [0.25, 0.3) is 0 Å². The van der Waals surface area contributed by atoms with Crippen molar-refractivity contribution >= 4 is 62.3 Å². The minimum atomic E-state index is -4.26. The maximum Gasteiger partial charge on any atom is 0.264 e. The van der Waals surface area contributed by atoms with Gasteiger partial charge in [0.1, 0.15) is 12.6 Å². The molecular weight excluding hydrogens is 653 g/mol. The number of aryl methyl sites for hydroxylation is 2. The zero-order valence-corrected chi connectivity index (χ0v) is 28.2. The van der Waals surface area contributed by atoms with Crippen LogP contribution in [0, 0.1) is 13.8 Å². The third-order valence-corrected chi connectivity index (χ3v) is 9.90. The zero-order chi connectivity index (χ0) is 32.7. The van der Waals surface area contributed by atoms with Crippen LogP contribution in [-0.4, -0.2) is 44.3 Å². The van der Waals surface area contributed by atoms with Crippen LogP contribution >= 0.6 is 34.8 Å². The van der Waals surface area contributed by atoms with Gasteiger partial charge in [0, 0.05) is 34.6 Å². The van der Waals surface area contributed by atoms with Gasteiger partial charge >= 0.3 is 0 Å². The van der Waals surface area contributed by atoms with E-state index in [1.165, 1.54) is 23.1 Å². The van der Waals surface area contributed by atoms with E-state index in [0.717, 1.165) is 15.4 Å². The summed E-state index contributed by atoms with van der Waals surface area (Å²) < 4.78 is 29.5. The number of rotatable bonds is 12. The van der Waals surface area contributed by atoms with E-state index in [1.54, 1.807) is 56.3 Å². The molecule has 0 bridgehead atoms. The molecule has 4 aromatic carbocycles. The smallest absolute Gasteiger partial charge is 0.264 e. The first-order valence-corrected chi connectivity index (χ1v) is 16.9. The third-order valence-electron chi connectivity index (χ3n) is 7.31. The fourth-order valence-corrected chi connectivity index (χ4v) is 6.99. The second-order valence-corrected chi connectivity index (χ2v) is 13.8. The Morgan fingerprint density at radius 1 is 0.844 bits per heavy atom. The van der Waals surface area contributed by atoms with Gasteiger partial charge in [-0.2, -0.15) is 0 Å². The van der Waals surface area contributed by atoms with Crippen molar-refractivity contribution in [2.75, 3.05) is 17.4 Å². The summed E-state index contributed by atoms with van der Waals surface area (Å²) in [6.07, 6.45) is 0.185. The predicted molar refractivity (Wildman–Crippen MR) is 182 cm³/mol. The molecule has 0 aromatic heterocycles. The maximum absolute atomic E-state index is 14.5. The summed E-state index contributed by atoms with van der Waals surface area (Å²) >= 11 is 19.0. The molecule has 0 aliphatic heterocycles. The molecule has 0 saturated heterocycles. The van der Waals surface area contributed by atoms with Gasteiger partial charge in [0.05, 0.1) is 10.6 Å². The van der Waals surface area contributed by atoms with E-state index in [2.05, 4.69) is 5.32 Å². The van der Waals surface area contributed by atoms with Crippen molar-refractivity contribution in [3.8, 4) is 0 Å². The van der Waals surface area contributed by atoms with Crippen LogP contribution < -0.4 is 9.62 Å². The molecule has 0 heterocycles. The molecule has 45 heavy (non-hydrogen) atoms. The van der Waals surface area contributed by atoms with E-state index in [4.69, 9.17) is 34.8 Å². The molecule has 236 valence electrons. The van der Waals surface area contributed by atoms with Gasteiger partial charge in [-0.25, -0.2) is 8.42 Å². The fraction of sp³-hybridized carbons (Fsp3) is 0.235. The Balaban J connectivity index is 1.84. The number of hydrogen-bond donors (Lipinski definition) is 1. The van der Waals surface area contributed by atoms with Gasteiger partial charge in [-0.15, -0.1) is 0 Å². The van der Waals surface area contributed by atoms with Gasteiger partial charge in [-0.1, -0.05) is 95.0 Å².